The van der Waals surface area contributed by atoms with Crippen molar-refractivity contribution in [3.05, 3.63) is 12.3 Å². The minimum Gasteiger partial charge on any atom is -0.297 e. The van der Waals surface area contributed by atoms with Crippen LogP contribution in [0.2, 0.25) is 0 Å². The summed E-state index contributed by atoms with van der Waals surface area (Å²) in [4.78, 5) is 15.5. The molecule has 3 heteroatoms. The molecule has 0 spiro atoms. The van der Waals surface area contributed by atoms with Crippen LogP contribution in [0.3, 0.4) is 0 Å². The Morgan fingerprint density at radius 1 is 1.75 bits per heavy atom. The van der Waals surface area contributed by atoms with Crippen molar-refractivity contribution in [2.45, 2.75) is 25.8 Å². The molecule has 0 aromatic heterocycles. The molecule has 12 heavy (non-hydrogen) atoms. The number of carbonyl (C=O) groups excluding carboxylic acids is 1. The molecular formula is C9H14N2O. The van der Waals surface area contributed by atoms with Gasteiger partial charge in [0.2, 0.25) is 6.08 Å². The van der Waals surface area contributed by atoms with Crippen LogP contribution in [0.5, 0.6) is 0 Å². The van der Waals surface area contributed by atoms with Gasteiger partial charge in [-0.15, -0.1) is 0 Å². The monoisotopic (exact) mass is 166 g/mol. The molecule has 0 aliphatic carbocycles. The Balaban J connectivity index is 2.45. The Labute approximate surface area is 72.8 Å². The maximum absolute atomic E-state index is 9.77. The number of hydrogen-bond donors (Lipinski definition) is 0. The molecule has 1 saturated heterocycles. The van der Waals surface area contributed by atoms with E-state index in [0.29, 0.717) is 6.04 Å². The molecule has 66 valence electrons. The third kappa shape index (κ3) is 2.29. The molecule has 1 heterocycles. The number of likely N-dealkylation sites (N-methyl/N-ethyl adjacent to an activating group) is 1. The zero-order valence-electron chi connectivity index (χ0n) is 7.36. The zero-order chi connectivity index (χ0) is 8.81. The molecule has 1 unspecified atom stereocenters. The van der Waals surface area contributed by atoms with Crippen molar-refractivity contribution in [2.24, 2.45) is 4.99 Å². The number of hydrogen-bond acceptors (Lipinski definition) is 3. The molecule has 0 amide bonds. The van der Waals surface area contributed by atoms with Gasteiger partial charge < -0.3 is 0 Å². The van der Waals surface area contributed by atoms with Crippen molar-refractivity contribution in [1.29, 1.82) is 0 Å². The van der Waals surface area contributed by atoms with E-state index in [-0.39, 0.29) is 0 Å². The summed E-state index contributed by atoms with van der Waals surface area (Å²) in [5, 5.41) is 0. The fraction of sp³-hybridized carbons (Fsp3) is 0.667. The lowest BCUT2D eigenvalue weighted by Crippen LogP contribution is -2.27. The van der Waals surface area contributed by atoms with Crippen LogP contribution < -0.4 is 0 Å². The van der Waals surface area contributed by atoms with Crippen molar-refractivity contribution < 1.29 is 4.79 Å². The average molecular weight is 166 g/mol. The lowest BCUT2D eigenvalue weighted by atomic mass is 10.2. The van der Waals surface area contributed by atoms with Crippen molar-refractivity contribution in [2.75, 3.05) is 13.1 Å². The Bertz CT molecular complexity index is 207. The fourth-order valence-electron chi connectivity index (χ4n) is 1.64. The van der Waals surface area contributed by atoms with Crippen LogP contribution >= 0.6 is 0 Å². The summed E-state index contributed by atoms with van der Waals surface area (Å²) in [6.07, 6.45) is 7.44. The van der Waals surface area contributed by atoms with Crippen molar-refractivity contribution in [3.8, 4) is 0 Å². The second-order valence-electron chi connectivity index (χ2n) is 2.90. The standard InChI is InChI=1S/C9H14N2O/c1-2-11-7-3-4-9(11)5-6-10-8-12/h5-6,9H,2-4,7H2,1H3/b6-5-. The molecule has 0 aromatic carbocycles. The highest BCUT2D eigenvalue weighted by molar-refractivity contribution is 5.34. The van der Waals surface area contributed by atoms with Gasteiger partial charge in [-0.25, -0.2) is 4.79 Å². The van der Waals surface area contributed by atoms with Crippen LogP contribution in [0.15, 0.2) is 17.3 Å². The summed E-state index contributed by atoms with van der Waals surface area (Å²) in [7, 11) is 0. The molecule has 1 fully saturated rings. The van der Waals surface area contributed by atoms with Gasteiger partial charge in [-0.3, -0.25) is 4.90 Å². The second kappa shape index (κ2) is 4.86. The largest absolute Gasteiger partial charge is 0.297 e. The van der Waals surface area contributed by atoms with E-state index in [4.69, 9.17) is 0 Å². The summed E-state index contributed by atoms with van der Waals surface area (Å²) < 4.78 is 0. The molecule has 0 N–H and O–H groups in total. The quantitative estimate of drug-likeness (QED) is 0.468. The van der Waals surface area contributed by atoms with Gasteiger partial charge in [-0.2, -0.15) is 4.99 Å². The molecular weight excluding hydrogens is 152 g/mol. The van der Waals surface area contributed by atoms with Crippen molar-refractivity contribution >= 4 is 6.08 Å². The Morgan fingerprint density at radius 2 is 2.58 bits per heavy atom. The van der Waals surface area contributed by atoms with E-state index < -0.39 is 0 Å². The smallest absolute Gasteiger partial charge is 0.239 e. The van der Waals surface area contributed by atoms with E-state index in [9.17, 15) is 4.79 Å². The molecule has 0 bridgehead atoms. The van der Waals surface area contributed by atoms with Crippen LogP contribution in [0.4, 0.5) is 0 Å². The van der Waals surface area contributed by atoms with Crippen LogP contribution in [-0.4, -0.2) is 30.1 Å². The van der Waals surface area contributed by atoms with Gasteiger partial charge in [-0.05, 0) is 32.0 Å². The van der Waals surface area contributed by atoms with Gasteiger partial charge in [0, 0.05) is 12.2 Å². The van der Waals surface area contributed by atoms with Crippen LogP contribution in [-0.2, 0) is 4.79 Å². The first kappa shape index (κ1) is 9.17. The number of isocyanates is 1. The van der Waals surface area contributed by atoms with E-state index in [1.54, 1.807) is 6.20 Å². The SMILES string of the molecule is CCN1CCCC1/C=C\N=C=O. The average Bonchev–Trinajstić information content (AvgIpc) is 2.52. The minimum absolute atomic E-state index is 0.479. The molecule has 1 aliphatic heterocycles. The van der Waals surface area contributed by atoms with Gasteiger partial charge in [0.25, 0.3) is 0 Å². The topological polar surface area (TPSA) is 32.7 Å². The summed E-state index contributed by atoms with van der Waals surface area (Å²) in [6.45, 7) is 4.38. The minimum atomic E-state index is 0.479. The summed E-state index contributed by atoms with van der Waals surface area (Å²) >= 11 is 0. The van der Waals surface area contributed by atoms with E-state index >= 15 is 0 Å². The summed E-state index contributed by atoms with van der Waals surface area (Å²) in [5.41, 5.74) is 0. The Morgan fingerprint density at radius 3 is 3.25 bits per heavy atom. The highest BCUT2D eigenvalue weighted by atomic mass is 16.1. The van der Waals surface area contributed by atoms with E-state index in [0.717, 1.165) is 13.1 Å². The maximum atomic E-state index is 9.77. The number of aliphatic imine (C=N–C) groups is 1. The predicted octanol–water partition coefficient (Wildman–Crippen LogP) is 1.32. The zero-order valence-corrected chi connectivity index (χ0v) is 7.36. The molecule has 0 aromatic rings. The van der Waals surface area contributed by atoms with Gasteiger partial charge in [0.05, 0.1) is 0 Å². The van der Waals surface area contributed by atoms with Crippen LogP contribution in [0.1, 0.15) is 19.8 Å². The summed E-state index contributed by atoms with van der Waals surface area (Å²) in [5.74, 6) is 0. The first-order valence-corrected chi connectivity index (χ1v) is 4.36. The highest BCUT2D eigenvalue weighted by Crippen LogP contribution is 2.17. The Hall–Kier alpha value is -0.920. The molecule has 1 rings (SSSR count). The third-order valence-electron chi connectivity index (χ3n) is 2.26. The molecule has 3 nitrogen and oxygen atoms in total. The molecule has 0 radical (unpaired) electrons. The van der Waals surface area contributed by atoms with E-state index in [1.807, 2.05) is 6.08 Å². The highest BCUT2D eigenvalue weighted by Gasteiger charge is 2.19. The third-order valence-corrected chi connectivity index (χ3v) is 2.26. The van der Waals surface area contributed by atoms with E-state index in [1.165, 1.54) is 18.9 Å². The van der Waals surface area contributed by atoms with Crippen LogP contribution in [0.25, 0.3) is 0 Å². The number of likely N-dealkylation sites (tertiary alicyclic amines) is 1. The maximum Gasteiger partial charge on any atom is 0.239 e. The van der Waals surface area contributed by atoms with Gasteiger partial charge in [-0.1, -0.05) is 6.92 Å². The second-order valence-corrected chi connectivity index (χ2v) is 2.90. The normalized spacial score (nSPS) is 24.6. The van der Waals surface area contributed by atoms with Crippen molar-refractivity contribution in [1.82, 2.24) is 4.90 Å². The molecule has 1 atom stereocenters. The lowest BCUT2D eigenvalue weighted by Gasteiger charge is -2.18. The number of nitrogens with zero attached hydrogens (tertiary/aromatic N) is 2. The predicted molar refractivity (Wildman–Crippen MR) is 47.5 cm³/mol. The number of rotatable bonds is 3. The van der Waals surface area contributed by atoms with E-state index in [2.05, 4.69) is 16.8 Å². The van der Waals surface area contributed by atoms with Gasteiger partial charge in [0.1, 0.15) is 0 Å². The van der Waals surface area contributed by atoms with Gasteiger partial charge >= 0.3 is 0 Å². The van der Waals surface area contributed by atoms with Crippen molar-refractivity contribution in [3.63, 3.8) is 0 Å². The first-order valence-electron chi connectivity index (χ1n) is 4.36. The lowest BCUT2D eigenvalue weighted by molar-refractivity contribution is 0.306. The summed E-state index contributed by atoms with van der Waals surface area (Å²) in [6, 6.07) is 0.479. The van der Waals surface area contributed by atoms with Gasteiger partial charge in [0.15, 0.2) is 0 Å². The van der Waals surface area contributed by atoms with Crippen LogP contribution in [0, 0.1) is 0 Å². The first-order chi connectivity index (χ1) is 5.88. The molecule has 0 saturated carbocycles. The fourth-order valence-corrected chi connectivity index (χ4v) is 1.64. The molecule has 1 aliphatic rings. The Kier molecular flexibility index (Phi) is 3.71.